The summed E-state index contributed by atoms with van der Waals surface area (Å²) < 4.78 is 0. The second-order valence-electron chi connectivity index (χ2n) is 5.37. The highest BCUT2D eigenvalue weighted by atomic mass is 32.1. The molecule has 22 heavy (non-hydrogen) atoms. The molecule has 0 unspecified atom stereocenters. The Morgan fingerprint density at radius 1 is 1.45 bits per heavy atom. The van der Waals surface area contributed by atoms with Crippen molar-refractivity contribution < 1.29 is 9.90 Å². The minimum absolute atomic E-state index is 0.195. The molecule has 1 fully saturated rings. The van der Waals surface area contributed by atoms with Crippen LogP contribution in [0.3, 0.4) is 0 Å². The molecular formula is C14H17N5O2S. The van der Waals surface area contributed by atoms with Crippen LogP contribution in [0.15, 0.2) is 29.5 Å². The Morgan fingerprint density at radius 3 is 3.09 bits per heavy atom. The summed E-state index contributed by atoms with van der Waals surface area (Å²) in [6, 6.07) is 0. The highest BCUT2D eigenvalue weighted by Gasteiger charge is 2.34. The molecule has 0 aromatic carbocycles. The van der Waals surface area contributed by atoms with Crippen molar-refractivity contribution in [1.29, 1.82) is 0 Å². The van der Waals surface area contributed by atoms with E-state index in [4.69, 9.17) is 0 Å². The number of β-amino-alcohol motifs (C(OH)–C–C–N with tert-alkyl or cyclic N) is 1. The summed E-state index contributed by atoms with van der Waals surface area (Å²) in [7, 11) is 0. The van der Waals surface area contributed by atoms with Crippen LogP contribution in [-0.4, -0.2) is 51.2 Å². The van der Waals surface area contributed by atoms with E-state index < -0.39 is 5.60 Å². The zero-order valence-electron chi connectivity index (χ0n) is 12.0. The normalized spacial score (nSPS) is 21.6. The van der Waals surface area contributed by atoms with Gasteiger partial charge in [-0.15, -0.1) is 11.3 Å². The number of anilines is 1. The largest absolute Gasteiger partial charge is 0.386 e. The lowest BCUT2D eigenvalue weighted by molar-refractivity contribution is 0.0253. The summed E-state index contributed by atoms with van der Waals surface area (Å²) >= 11 is 1.37. The van der Waals surface area contributed by atoms with Gasteiger partial charge < -0.3 is 15.3 Å². The molecule has 2 aromatic rings. The van der Waals surface area contributed by atoms with Crippen LogP contribution in [0.4, 0.5) is 5.82 Å². The van der Waals surface area contributed by atoms with Crippen molar-refractivity contribution in [2.45, 2.75) is 18.4 Å². The molecule has 7 nitrogen and oxygen atoms in total. The molecule has 3 heterocycles. The van der Waals surface area contributed by atoms with Gasteiger partial charge in [-0.3, -0.25) is 9.78 Å². The van der Waals surface area contributed by atoms with Crippen molar-refractivity contribution in [3.8, 4) is 0 Å². The van der Waals surface area contributed by atoms with E-state index in [-0.39, 0.29) is 12.5 Å². The lowest BCUT2D eigenvalue weighted by Crippen LogP contribution is -2.54. The first-order valence-corrected chi connectivity index (χ1v) is 8.00. The first-order valence-electron chi connectivity index (χ1n) is 7.06. The fourth-order valence-electron chi connectivity index (χ4n) is 2.57. The summed E-state index contributed by atoms with van der Waals surface area (Å²) in [6.45, 7) is 1.43. The predicted molar refractivity (Wildman–Crippen MR) is 82.9 cm³/mol. The molecule has 8 heteroatoms. The first kappa shape index (κ1) is 14.9. The molecule has 2 N–H and O–H groups in total. The fraction of sp³-hybridized carbons (Fsp3) is 0.429. The van der Waals surface area contributed by atoms with Crippen molar-refractivity contribution >= 4 is 23.1 Å². The molecule has 2 aromatic heterocycles. The molecule has 0 bridgehead atoms. The molecule has 0 aliphatic carbocycles. The first-order chi connectivity index (χ1) is 10.7. The number of hydrogen-bond acceptors (Lipinski definition) is 7. The Bertz CT molecular complexity index is 621. The standard InChI is InChI=1S/C14H17N5O2S/c20-13(11-7-22-10-18-11)17-8-14(21)2-1-5-19(9-14)12-6-15-3-4-16-12/h3-4,6-7,10,21H,1-2,5,8-9H2,(H,17,20)/t14-/m1/s1. The Morgan fingerprint density at radius 2 is 2.36 bits per heavy atom. The summed E-state index contributed by atoms with van der Waals surface area (Å²) in [5.41, 5.74) is 1.02. The molecular weight excluding hydrogens is 302 g/mol. The second kappa shape index (κ2) is 6.37. The number of hydrogen-bond donors (Lipinski definition) is 2. The number of aromatic nitrogens is 3. The third-order valence-electron chi connectivity index (χ3n) is 3.67. The molecule has 0 spiro atoms. The lowest BCUT2D eigenvalue weighted by Gasteiger charge is -2.39. The lowest BCUT2D eigenvalue weighted by atomic mass is 9.92. The highest BCUT2D eigenvalue weighted by molar-refractivity contribution is 7.07. The Kier molecular flexibility index (Phi) is 4.30. The number of rotatable bonds is 4. The number of piperidine rings is 1. The van der Waals surface area contributed by atoms with E-state index in [0.29, 0.717) is 18.7 Å². The number of amides is 1. The van der Waals surface area contributed by atoms with E-state index in [9.17, 15) is 9.90 Å². The molecule has 0 saturated carbocycles. The molecule has 1 saturated heterocycles. The number of nitrogens with zero attached hydrogens (tertiary/aromatic N) is 4. The number of aliphatic hydroxyl groups is 1. The smallest absolute Gasteiger partial charge is 0.270 e. The number of nitrogens with one attached hydrogen (secondary N) is 1. The average Bonchev–Trinajstić information content (AvgIpc) is 3.08. The van der Waals surface area contributed by atoms with Crippen LogP contribution in [0.1, 0.15) is 23.3 Å². The maximum Gasteiger partial charge on any atom is 0.270 e. The Balaban J connectivity index is 1.61. The Labute approximate surface area is 132 Å². The van der Waals surface area contributed by atoms with Gasteiger partial charge in [0.15, 0.2) is 0 Å². The maximum absolute atomic E-state index is 11.9. The van der Waals surface area contributed by atoms with E-state index >= 15 is 0 Å². The molecule has 1 aliphatic rings. The maximum atomic E-state index is 11.9. The zero-order chi connectivity index (χ0) is 15.4. The summed E-state index contributed by atoms with van der Waals surface area (Å²) in [4.78, 5) is 26.2. The van der Waals surface area contributed by atoms with Crippen molar-refractivity contribution in [3.63, 3.8) is 0 Å². The SMILES string of the molecule is O=C(NC[C@]1(O)CCCN(c2cnccn2)C1)c1cscn1. The quantitative estimate of drug-likeness (QED) is 0.862. The molecule has 0 radical (unpaired) electrons. The van der Waals surface area contributed by atoms with E-state index in [1.807, 2.05) is 4.90 Å². The molecule has 3 rings (SSSR count). The van der Waals surface area contributed by atoms with E-state index in [2.05, 4.69) is 20.3 Å². The number of carbonyl (C=O) groups is 1. The number of thiazole rings is 1. The van der Waals surface area contributed by atoms with Crippen molar-refractivity contribution in [2.75, 3.05) is 24.5 Å². The van der Waals surface area contributed by atoms with Crippen molar-refractivity contribution in [3.05, 3.63) is 35.2 Å². The monoisotopic (exact) mass is 319 g/mol. The van der Waals surface area contributed by atoms with Gasteiger partial charge >= 0.3 is 0 Å². The number of carbonyl (C=O) groups excluding carboxylic acids is 1. The van der Waals surface area contributed by atoms with Crippen LogP contribution in [0.25, 0.3) is 0 Å². The van der Waals surface area contributed by atoms with Gasteiger partial charge in [-0.2, -0.15) is 0 Å². The molecule has 1 atom stereocenters. The van der Waals surface area contributed by atoms with Gasteiger partial charge in [0.1, 0.15) is 11.5 Å². The van der Waals surface area contributed by atoms with Gasteiger partial charge in [0.05, 0.1) is 17.3 Å². The van der Waals surface area contributed by atoms with E-state index in [0.717, 1.165) is 18.8 Å². The van der Waals surface area contributed by atoms with Crippen LogP contribution < -0.4 is 10.2 Å². The predicted octanol–water partition coefficient (Wildman–Crippen LogP) is 0.694. The third kappa shape index (κ3) is 3.40. The van der Waals surface area contributed by atoms with Crippen LogP contribution >= 0.6 is 11.3 Å². The van der Waals surface area contributed by atoms with Gasteiger partial charge in [0.25, 0.3) is 5.91 Å². The van der Waals surface area contributed by atoms with Crippen molar-refractivity contribution in [2.24, 2.45) is 0 Å². The van der Waals surface area contributed by atoms with Crippen molar-refractivity contribution in [1.82, 2.24) is 20.3 Å². The third-order valence-corrected chi connectivity index (χ3v) is 4.26. The molecule has 1 amide bonds. The average molecular weight is 319 g/mol. The van der Waals surface area contributed by atoms with Crippen LogP contribution in [-0.2, 0) is 0 Å². The second-order valence-corrected chi connectivity index (χ2v) is 6.09. The fourth-order valence-corrected chi connectivity index (χ4v) is 3.10. The summed E-state index contributed by atoms with van der Waals surface area (Å²) in [6.07, 6.45) is 6.40. The van der Waals surface area contributed by atoms with Gasteiger partial charge in [-0.25, -0.2) is 9.97 Å². The van der Waals surface area contributed by atoms with Crippen LogP contribution in [0, 0.1) is 0 Å². The minimum Gasteiger partial charge on any atom is -0.386 e. The highest BCUT2D eigenvalue weighted by Crippen LogP contribution is 2.24. The van der Waals surface area contributed by atoms with E-state index in [1.165, 1.54) is 11.3 Å². The van der Waals surface area contributed by atoms with Gasteiger partial charge in [-0.1, -0.05) is 0 Å². The summed E-state index contributed by atoms with van der Waals surface area (Å²) in [5, 5.41) is 15.2. The van der Waals surface area contributed by atoms with Gasteiger partial charge in [0.2, 0.25) is 0 Å². The van der Waals surface area contributed by atoms with Crippen LogP contribution in [0.2, 0.25) is 0 Å². The Hall–Kier alpha value is -2.06. The zero-order valence-corrected chi connectivity index (χ0v) is 12.8. The topological polar surface area (TPSA) is 91.2 Å². The van der Waals surface area contributed by atoms with Gasteiger partial charge in [-0.05, 0) is 12.8 Å². The van der Waals surface area contributed by atoms with Crippen LogP contribution in [0.5, 0.6) is 0 Å². The molecule has 116 valence electrons. The molecule has 1 aliphatic heterocycles. The van der Waals surface area contributed by atoms with Gasteiger partial charge in [0, 0.05) is 37.4 Å². The summed E-state index contributed by atoms with van der Waals surface area (Å²) in [5.74, 6) is 0.484. The van der Waals surface area contributed by atoms with E-state index in [1.54, 1.807) is 29.5 Å². The minimum atomic E-state index is -0.971.